The molecular formula is C29H40N2O2Sn. The van der Waals surface area contributed by atoms with E-state index in [0.29, 0.717) is 15.9 Å². The molecule has 4 nitrogen and oxygen atoms in total. The number of hydrogen-bond acceptors (Lipinski definition) is 4. The predicted molar refractivity (Wildman–Crippen MR) is 141 cm³/mol. The molecule has 0 atom stereocenters. The average Bonchev–Trinajstić information content (AvgIpc) is 3.31. The van der Waals surface area contributed by atoms with Gasteiger partial charge in [-0.1, -0.05) is 0 Å². The number of hydrogen-bond donors (Lipinski definition) is 0. The standard InChI is InChI=1S/C16H13N2O2.C13H27.Sn/c1-2-9-17-16(3-1)19-12-14-6-4-13(5-7-14)11-15-8-10-20-18-15;1-4-7-10-13(11-8-5-2)12-9-6-3;/h1-7,9-10H,11-12H2;4-12H2,1-3H3;. The van der Waals surface area contributed by atoms with Gasteiger partial charge in [0, 0.05) is 0 Å². The molecule has 0 aliphatic carbocycles. The molecule has 0 amide bonds. The van der Waals surface area contributed by atoms with Crippen molar-refractivity contribution in [3.8, 4) is 5.88 Å². The van der Waals surface area contributed by atoms with Crippen molar-refractivity contribution in [1.29, 1.82) is 0 Å². The SMILES string of the molecule is CCCC[C](CCCC)(CCCC)[Sn][c]1conc1Cc1ccc(COc2ccccn2)cc1. The molecule has 0 fully saturated rings. The van der Waals surface area contributed by atoms with Gasteiger partial charge in [-0.3, -0.25) is 0 Å². The first kappa shape index (κ1) is 26.8. The Morgan fingerprint density at radius 1 is 0.853 bits per heavy atom. The summed E-state index contributed by atoms with van der Waals surface area (Å²) in [6.45, 7) is 7.50. The van der Waals surface area contributed by atoms with Crippen molar-refractivity contribution in [2.24, 2.45) is 0 Å². The van der Waals surface area contributed by atoms with Crippen LogP contribution in [0.25, 0.3) is 0 Å². The van der Waals surface area contributed by atoms with Gasteiger partial charge in [-0.25, -0.2) is 0 Å². The summed E-state index contributed by atoms with van der Waals surface area (Å²) in [7, 11) is 0. The molecule has 3 aromatic rings. The van der Waals surface area contributed by atoms with Gasteiger partial charge >= 0.3 is 211 Å². The maximum absolute atomic E-state index is 5.78. The molecule has 2 radical (unpaired) electrons. The zero-order chi connectivity index (χ0) is 24.1. The van der Waals surface area contributed by atoms with Crippen LogP contribution in [0.2, 0.25) is 3.43 Å². The molecule has 2 aromatic heterocycles. The number of benzene rings is 1. The molecule has 34 heavy (non-hydrogen) atoms. The summed E-state index contributed by atoms with van der Waals surface area (Å²) in [5.74, 6) is 0.655. The van der Waals surface area contributed by atoms with Crippen molar-refractivity contribution < 1.29 is 9.26 Å². The summed E-state index contributed by atoms with van der Waals surface area (Å²) in [5.41, 5.74) is 3.58. The van der Waals surface area contributed by atoms with Gasteiger partial charge in [0.2, 0.25) is 0 Å². The summed E-state index contributed by atoms with van der Waals surface area (Å²) >= 11 is -0.851. The van der Waals surface area contributed by atoms with Crippen LogP contribution in [0, 0.1) is 0 Å². The van der Waals surface area contributed by atoms with E-state index in [1.165, 1.54) is 66.9 Å². The molecule has 0 bridgehead atoms. The quantitative estimate of drug-likeness (QED) is 0.171. The molecule has 5 heteroatoms. The van der Waals surface area contributed by atoms with E-state index in [9.17, 15) is 0 Å². The Labute approximate surface area is 216 Å². The van der Waals surface area contributed by atoms with Crippen molar-refractivity contribution in [2.45, 2.75) is 95.0 Å². The van der Waals surface area contributed by atoms with Crippen LogP contribution >= 0.6 is 0 Å². The molecular weight excluding hydrogens is 527 g/mol. The van der Waals surface area contributed by atoms with Crippen molar-refractivity contribution in [3.05, 3.63) is 71.7 Å². The third kappa shape index (κ3) is 8.44. The summed E-state index contributed by atoms with van der Waals surface area (Å²) in [5, 5.41) is 4.47. The normalized spacial score (nSPS) is 11.6. The monoisotopic (exact) mass is 568 g/mol. The number of rotatable bonds is 16. The van der Waals surface area contributed by atoms with E-state index in [4.69, 9.17) is 9.26 Å². The van der Waals surface area contributed by atoms with Gasteiger partial charge in [0.05, 0.1) is 0 Å². The predicted octanol–water partition coefficient (Wildman–Crippen LogP) is 7.30. The first-order chi connectivity index (χ1) is 16.7. The number of unbranched alkanes of at least 4 members (excludes halogenated alkanes) is 3. The van der Waals surface area contributed by atoms with E-state index in [1.54, 1.807) is 6.20 Å². The van der Waals surface area contributed by atoms with Crippen LogP contribution in [0.5, 0.6) is 5.88 Å². The second-order valence-corrected chi connectivity index (χ2v) is 14.6. The van der Waals surface area contributed by atoms with E-state index in [-0.39, 0.29) is 0 Å². The topological polar surface area (TPSA) is 48.2 Å². The van der Waals surface area contributed by atoms with Crippen LogP contribution in [0.3, 0.4) is 0 Å². The van der Waals surface area contributed by atoms with Gasteiger partial charge in [-0.15, -0.1) is 0 Å². The zero-order valence-corrected chi connectivity index (χ0v) is 24.0. The number of pyridine rings is 1. The first-order valence-electron chi connectivity index (χ1n) is 13.0. The molecule has 2 heterocycles. The summed E-state index contributed by atoms with van der Waals surface area (Å²) in [6.07, 6.45) is 16.6. The molecule has 0 aliphatic heterocycles. The van der Waals surface area contributed by atoms with Gasteiger partial charge < -0.3 is 0 Å². The second kappa shape index (κ2) is 14.5. The van der Waals surface area contributed by atoms with Crippen molar-refractivity contribution >= 4 is 24.7 Å². The Bertz CT molecular complexity index is 919. The van der Waals surface area contributed by atoms with Crippen LogP contribution in [-0.4, -0.2) is 31.3 Å². The molecule has 0 N–H and O–H groups in total. The Morgan fingerprint density at radius 3 is 2.09 bits per heavy atom. The first-order valence-corrected chi connectivity index (χ1v) is 15.9. The van der Waals surface area contributed by atoms with E-state index in [1.807, 2.05) is 24.5 Å². The van der Waals surface area contributed by atoms with Crippen LogP contribution in [0.4, 0.5) is 0 Å². The zero-order valence-electron chi connectivity index (χ0n) is 21.2. The molecule has 182 valence electrons. The third-order valence-electron chi connectivity index (χ3n) is 6.49. The molecule has 0 unspecified atom stereocenters. The Kier molecular flexibility index (Phi) is 11.5. The van der Waals surface area contributed by atoms with Crippen molar-refractivity contribution in [2.75, 3.05) is 0 Å². The molecule has 0 saturated carbocycles. The Balaban J connectivity index is 1.67. The summed E-state index contributed by atoms with van der Waals surface area (Å²) in [4.78, 5) is 4.22. The van der Waals surface area contributed by atoms with E-state index in [0.717, 1.165) is 17.7 Å². The fourth-order valence-corrected chi connectivity index (χ4v) is 9.75. The Hall–Kier alpha value is -1.82. The summed E-state index contributed by atoms with van der Waals surface area (Å²) in [6, 6.07) is 14.4. The number of nitrogens with zero attached hydrogens (tertiary/aromatic N) is 2. The van der Waals surface area contributed by atoms with Gasteiger partial charge in [0.25, 0.3) is 0 Å². The molecule has 0 spiro atoms. The van der Waals surface area contributed by atoms with Crippen LogP contribution < -0.4 is 8.32 Å². The molecule has 3 rings (SSSR count). The minimum absolute atomic E-state index is 0.524. The molecule has 1 aromatic carbocycles. The van der Waals surface area contributed by atoms with E-state index in [2.05, 4.69) is 55.2 Å². The van der Waals surface area contributed by atoms with Crippen molar-refractivity contribution in [1.82, 2.24) is 10.1 Å². The van der Waals surface area contributed by atoms with Gasteiger partial charge in [-0.05, 0) is 6.07 Å². The number of ether oxygens (including phenoxy) is 1. The minimum atomic E-state index is -0.851. The van der Waals surface area contributed by atoms with Crippen LogP contribution in [-0.2, 0) is 13.0 Å². The summed E-state index contributed by atoms with van der Waals surface area (Å²) < 4.78 is 13.3. The maximum atomic E-state index is 5.78. The van der Waals surface area contributed by atoms with Crippen molar-refractivity contribution in [3.63, 3.8) is 0 Å². The third-order valence-corrected chi connectivity index (χ3v) is 12.1. The second-order valence-electron chi connectivity index (χ2n) is 9.34. The van der Waals surface area contributed by atoms with Gasteiger partial charge in [-0.2, -0.15) is 0 Å². The van der Waals surface area contributed by atoms with Crippen LogP contribution in [0.1, 0.15) is 95.4 Å². The number of aromatic nitrogens is 2. The average molecular weight is 567 g/mol. The Morgan fingerprint density at radius 2 is 1.50 bits per heavy atom. The van der Waals surface area contributed by atoms with E-state index >= 15 is 0 Å². The molecule has 0 saturated heterocycles. The van der Waals surface area contributed by atoms with Gasteiger partial charge in [0.1, 0.15) is 0 Å². The van der Waals surface area contributed by atoms with Crippen LogP contribution in [0.15, 0.2) is 59.4 Å². The fraction of sp³-hybridized carbons (Fsp3) is 0.517. The van der Waals surface area contributed by atoms with Gasteiger partial charge in [0.15, 0.2) is 0 Å². The fourth-order valence-electron chi connectivity index (χ4n) is 4.42. The van der Waals surface area contributed by atoms with E-state index < -0.39 is 21.1 Å². The molecule has 0 aliphatic rings.